The van der Waals surface area contributed by atoms with Crippen molar-refractivity contribution in [1.29, 1.82) is 0 Å². The predicted molar refractivity (Wildman–Crippen MR) is 105 cm³/mol. The van der Waals surface area contributed by atoms with E-state index in [4.69, 9.17) is 15.8 Å². The van der Waals surface area contributed by atoms with Crippen LogP contribution in [-0.4, -0.2) is 20.0 Å². The van der Waals surface area contributed by atoms with E-state index in [2.05, 4.69) is 19.7 Å². The van der Waals surface area contributed by atoms with Gasteiger partial charge in [-0.1, -0.05) is 83.9 Å². The molecule has 0 aliphatic carbocycles. The molecule has 0 unspecified atom stereocenters. The Hall–Kier alpha value is -0.283. The number of carbonyl (C=O) groups excluding carboxylic acids is 1. The molecule has 0 atom stereocenters. The lowest BCUT2D eigenvalue weighted by atomic mass is 10.1. The van der Waals surface area contributed by atoms with Crippen molar-refractivity contribution < 1.29 is 9.53 Å². The number of rotatable bonds is 15. The van der Waals surface area contributed by atoms with Crippen LogP contribution in [0, 0.1) is 0 Å². The van der Waals surface area contributed by atoms with Crippen LogP contribution in [0.15, 0.2) is 12.2 Å². The summed E-state index contributed by atoms with van der Waals surface area (Å²) >= 11 is 6.32. The van der Waals surface area contributed by atoms with Crippen LogP contribution in [-0.2, 0) is 9.53 Å². The zero-order valence-electron chi connectivity index (χ0n) is 15.6. The molecule has 0 spiro atoms. The summed E-state index contributed by atoms with van der Waals surface area (Å²) in [5.74, 6) is -0.262. The maximum absolute atomic E-state index is 11.2. The minimum Gasteiger partial charge on any atom is -0.462 e. The summed E-state index contributed by atoms with van der Waals surface area (Å²) in [5, 5.41) is 0. The molecule has 0 radical (unpaired) electrons. The van der Waals surface area contributed by atoms with E-state index in [0.717, 1.165) is 12.8 Å². The Labute approximate surface area is 149 Å². The first kappa shape index (κ1) is 22.7. The number of unbranched alkanes of at least 4 members (excludes halogenated alkanes) is 10. The number of ether oxygens (including phenoxy) is 1. The van der Waals surface area contributed by atoms with Crippen molar-refractivity contribution in [3.63, 3.8) is 0 Å². The second kappa shape index (κ2) is 14.1. The van der Waals surface area contributed by atoms with Crippen molar-refractivity contribution in [2.45, 2.75) is 96.7 Å². The quantitative estimate of drug-likeness (QED) is 0.105. The van der Waals surface area contributed by atoms with Gasteiger partial charge in [-0.05, 0) is 19.4 Å². The van der Waals surface area contributed by atoms with Gasteiger partial charge in [-0.25, -0.2) is 4.79 Å². The fourth-order valence-electron chi connectivity index (χ4n) is 2.53. The first-order valence-corrected chi connectivity index (χ1v) is 13.6. The van der Waals surface area contributed by atoms with Crippen molar-refractivity contribution in [1.82, 2.24) is 0 Å². The zero-order chi connectivity index (χ0) is 17.6. The molecule has 0 bridgehead atoms. The van der Waals surface area contributed by atoms with Crippen LogP contribution in [0.1, 0.15) is 77.6 Å². The molecule has 0 heterocycles. The lowest BCUT2D eigenvalue weighted by Gasteiger charge is -2.11. The zero-order valence-corrected chi connectivity index (χ0v) is 17.3. The molecule has 0 aliphatic heterocycles. The summed E-state index contributed by atoms with van der Waals surface area (Å²) in [5.41, 5.74) is 0.485. The Morgan fingerprint density at radius 1 is 0.870 bits per heavy atom. The number of hydrogen-bond donors (Lipinski definition) is 0. The van der Waals surface area contributed by atoms with Gasteiger partial charge in [-0.2, -0.15) is 11.1 Å². The minimum absolute atomic E-state index is 0.262. The third-order valence-electron chi connectivity index (χ3n) is 4.00. The van der Waals surface area contributed by atoms with Crippen LogP contribution in [0.25, 0.3) is 0 Å². The van der Waals surface area contributed by atoms with Crippen LogP contribution >= 0.6 is 11.1 Å². The van der Waals surface area contributed by atoms with Gasteiger partial charge >= 0.3 is 5.97 Å². The molecular formula is C19H37ClO2Si. The Kier molecular flexibility index (Phi) is 13.9. The summed E-state index contributed by atoms with van der Waals surface area (Å²) in [6.45, 7) is 10.3. The van der Waals surface area contributed by atoms with E-state index < -0.39 is 7.38 Å². The lowest BCUT2D eigenvalue weighted by Crippen LogP contribution is -2.14. The second-order valence-electron chi connectivity index (χ2n) is 7.27. The average molecular weight is 361 g/mol. The van der Waals surface area contributed by atoms with Crippen molar-refractivity contribution in [2.75, 3.05) is 6.61 Å². The summed E-state index contributed by atoms with van der Waals surface area (Å²) in [6.07, 6.45) is 14.2. The van der Waals surface area contributed by atoms with E-state index in [1.165, 1.54) is 63.8 Å². The average Bonchev–Trinajstić information content (AvgIpc) is 2.46. The topological polar surface area (TPSA) is 26.3 Å². The van der Waals surface area contributed by atoms with Crippen LogP contribution in [0.2, 0.25) is 19.1 Å². The Morgan fingerprint density at radius 2 is 1.26 bits per heavy atom. The van der Waals surface area contributed by atoms with Crippen molar-refractivity contribution >= 4 is 24.4 Å². The fourth-order valence-corrected chi connectivity index (χ4v) is 4.02. The first-order chi connectivity index (χ1) is 10.8. The molecular weight excluding hydrogens is 324 g/mol. The maximum Gasteiger partial charge on any atom is 0.333 e. The molecule has 136 valence electrons. The summed E-state index contributed by atoms with van der Waals surface area (Å²) in [6, 6.07) is 1.26. The number of halogens is 1. The molecule has 4 heteroatoms. The monoisotopic (exact) mass is 360 g/mol. The molecule has 2 nitrogen and oxygen atoms in total. The van der Waals surface area contributed by atoms with Gasteiger partial charge in [0.15, 0.2) is 0 Å². The van der Waals surface area contributed by atoms with Crippen molar-refractivity contribution in [2.24, 2.45) is 0 Å². The van der Waals surface area contributed by atoms with Gasteiger partial charge in [0.05, 0.1) is 6.61 Å². The van der Waals surface area contributed by atoms with Gasteiger partial charge in [0.1, 0.15) is 7.38 Å². The lowest BCUT2D eigenvalue weighted by molar-refractivity contribution is -0.139. The van der Waals surface area contributed by atoms with Gasteiger partial charge in [0.25, 0.3) is 0 Å². The smallest absolute Gasteiger partial charge is 0.333 e. The molecule has 0 saturated carbocycles. The number of hydrogen-bond acceptors (Lipinski definition) is 2. The van der Waals surface area contributed by atoms with Crippen LogP contribution in [0.4, 0.5) is 0 Å². The molecule has 0 aromatic carbocycles. The number of carbonyl (C=O) groups is 1. The highest BCUT2D eigenvalue weighted by Crippen LogP contribution is 2.19. The van der Waals surface area contributed by atoms with Gasteiger partial charge in [-0.15, -0.1) is 0 Å². The van der Waals surface area contributed by atoms with E-state index in [1.54, 1.807) is 6.92 Å². The van der Waals surface area contributed by atoms with Crippen molar-refractivity contribution in [3.8, 4) is 0 Å². The molecule has 0 amide bonds. The van der Waals surface area contributed by atoms with E-state index in [-0.39, 0.29) is 5.97 Å². The Balaban J connectivity index is 3.14. The van der Waals surface area contributed by atoms with E-state index >= 15 is 0 Å². The molecule has 0 fully saturated rings. The molecule has 23 heavy (non-hydrogen) atoms. The second-order valence-corrected chi connectivity index (χ2v) is 14.3. The standard InChI is InChI=1S/C19H37ClO2Si/c1-18(2)19(21)22-16-14-12-10-8-6-5-7-9-11-13-15-17-23(3,4)20/h1,5-17H2,2-4H3. The maximum atomic E-state index is 11.2. The molecule has 0 aromatic heterocycles. The van der Waals surface area contributed by atoms with Crippen LogP contribution < -0.4 is 0 Å². The van der Waals surface area contributed by atoms with Crippen LogP contribution in [0.5, 0.6) is 0 Å². The van der Waals surface area contributed by atoms with Gasteiger partial charge in [0.2, 0.25) is 0 Å². The fraction of sp³-hybridized carbons (Fsp3) is 0.842. The SMILES string of the molecule is C=C(C)C(=O)OCCCCCCCCCCCCC[Si](C)(C)Cl. The van der Waals surface area contributed by atoms with Crippen molar-refractivity contribution in [3.05, 3.63) is 12.2 Å². The Morgan fingerprint density at radius 3 is 1.65 bits per heavy atom. The van der Waals surface area contributed by atoms with E-state index in [9.17, 15) is 4.79 Å². The van der Waals surface area contributed by atoms with Gasteiger partial charge in [0, 0.05) is 5.57 Å². The van der Waals surface area contributed by atoms with E-state index in [1.807, 2.05) is 0 Å². The predicted octanol–water partition coefficient (Wildman–Crippen LogP) is 6.84. The molecule has 0 rings (SSSR count). The molecule has 0 N–H and O–H groups in total. The van der Waals surface area contributed by atoms with Crippen LogP contribution in [0.3, 0.4) is 0 Å². The third-order valence-corrected chi connectivity index (χ3v) is 6.11. The largest absolute Gasteiger partial charge is 0.462 e. The first-order valence-electron chi connectivity index (χ1n) is 9.34. The highest BCUT2D eigenvalue weighted by Gasteiger charge is 2.15. The highest BCUT2D eigenvalue weighted by atomic mass is 35.6. The van der Waals surface area contributed by atoms with Gasteiger partial charge in [-0.3, -0.25) is 0 Å². The summed E-state index contributed by atoms with van der Waals surface area (Å²) in [7, 11) is -1.33. The third kappa shape index (κ3) is 17.9. The number of esters is 1. The minimum atomic E-state index is -1.33. The molecule has 0 saturated heterocycles. The molecule has 0 aromatic rings. The van der Waals surface area contributed by atoms with E-state index in [0.29, 0.717) is 12.2 Å². The normalized spacial score (nSPS) is 11.5. The van der Waals surface area contributed by atoms with Gasteiger partial charge < -0.3 is 4.74 Å². The summed E-state index contributed by atoms with van der Waals surface area (Å²) < 4.78 is 5.07. The highest BCUT2D eigenvalue weighted by molar-refractivity contribution is 7.19. The molecule has 0 aliphatic rings. The Bertz CT molecular complexity index is 324. The summed E-state index contributed by atoms with van der Waals surface area (Å²) in [4.78, 5) is 11.2.